The fourth-order valence-electron chi connectivity index (χ4n) is 2.67. The molecule has 24 heavy (non-hydrogen) atoms. The van der Waals surface area contributed by atoms with E-state index < -0.39 is 11.2 Å². The van der Waals surface area contributed by atoms with Crippen LogP contribution in [0.3, 0.4) is 0 Å². The van der Waals surface area contributed by atoms with Crippen molar-refractivity contribution in [3.05, 3.63) is 69.4 Å². The van der Waals surface area contributed by atoms with E-state index in [0.717, 1.165) is 5.69 Å². The van der Waals surface area contributed by atoms with Gasteiger partial charge in [0.05, 0.1) is 18.1 Å². The second-order valence-corrected chi connectivity index (χ2v) is 5.18. The molecule has 0 fully saturated rings. The van der Waals surface area contributed by atoms with Crippen molar-refractivity contribution in [1.82, 2.24) is 19.5 Å². The maximum atomic E-state index is 12.2. The Morgan fingerprint density at radius 2 is 1.83 bits per heavy atom. The molecule has 2 aromatic carbocycles. The zero-order valence-electron chi connectivity index (χ0n) is 12.7. The zero-order chi connectivity index (χ0) is 16.7. The van der Waals surface area contributed by atoms with E-state index in [0.29, 0.717) is 16.8 Å². The van der Waals surface area contributed by atoms with Crippen molar-refractivity contribution in [3.63, 3.8) is 0 Å². The Morgan fingerprint density at radius 3 is 2.58 bits per heavy atom. The summed E-state index contributed by atoms with van der Waals surface area (Å²) in [7, 11) is 1.57. The van der Waals surface area contributed by atoms with E-state index in [1.165, 1.54) is 0 Å². The maximum absolute atomic E-state index is 12.2. The van der Waals surface area contributed by atoms with E-state index in [1.54, 1.807) is 29.9 Å². The molecular weight excluding hydrogens is 308 g/mol. The molecule has 0 saturated heterocycles. The van der Waals surface area contributed by atoms with Gasteiger partial charge in [-0.1, -0.05) is 18.2 Å². The number of fused-ring (bicyclic) bond motifs is 2. The molecular formula is C17H12N4O3. The average Bonchev–Trinajstić information content (AvgIpc) is 2.60. The summed E-state index contributed by atoms with van der Waals surface area (Å²) >= 11 is 0. The lowest BCUT2D eigenvalue weighted by molar-refractivity contribution is 0.415. The third-order valence-electron chi connectivity index (χ3n) is 3.74. The van der Waals surface area contributed by atoms with Gasteiger partial charge >= 0.3 is 5.69 Å². The smallest absolute Gasteiger partial charge is 0.349 e. The number of rotatable bonds is 2. The highest BCUT2D eigenvalue weighted by molar-refractivity contribution is 5.83. The van der Waals surface area contributed by atoms with Gasteiger partial charge in [0.15, 0.2) is 11.5 Å². The number of para-hydroxylation sites is 1. The van der Waals surface area contributed by atoms with E-state index in [9.17, 15) is 9.59 Å². The Morgan fingerprint density at radius 1 is 1.04 bits per heavy atom. The van der Waals surface area contributed by atoms with E-state index >= 15 is 0 Å². The SMILES string of the molecule is COc1ccc2nc3c(=O)[nH]c(=O)nc-3n(-c3ccccc3)c2c1. The van der Waals surface area contributed by atoms with Gasteiger partial charge in [0.1, 0.15) is 5.75 Å². The third-order valence-corrected chi connectivity index (χ3v) is 3.74. The molecule has 2 aliphatic heterocycles. The van der Waals surface area contributed by atoms with Crippen LogP contribution >= 0.6 is 0 Å². The molecule has 4 rings (SSSR count). The lowest BCUT2D eigenvalue weighted by Crippen LogP contribution is -2.28. The minimum atomic E-state index is -0.707. The summed E-state index contributed by atoms with van der Waals surface area (Å²) in [5.74, 6) is 0.844. The Bertz CT molecular complexity index is 1130. The molecule has 2 heterocycles. The molecule has 1 N–H and O–H groups in total. The van der Waals surface area contributed by atoms with Crippen LogP contribution in [0.2, 0.25) is 0 Å². The molecule has 0 saturated carbocycles. The van der Waals surface area contributed by atoms with Gasteiger partial charge in [0.25, 0.3) is 5.56 Å². The third kappa shape index (κ3) is 2.14. The van der Waals surface area contributed by atoms with E-state index in [2.05, 4.69) is 15.0 Å². The van der Waals surface area contributed by atoms with Gasteiger partial charge in [-0.25, -0.2) is 9.78 Å². The highest BCUT2D eigenvalue weighted by Crippen LogP contribution is 2.27. The molecule has 0 radical (unpaired) electrons. The molecule has 2 aromatic rings. The predicted octanol–water partition coefficient (Wildman–Crippen LogP) is 1.58. The molecule has 0 aromatic heterocycles. The monoisotopic (exact) mass is 320 g/mol. The summed E-state index contributed by atoms with van der Waals surface area (Å²) in [5.41, 5.74) is 0.883. The van der Waals surface area contributed by atoms with Crippen molar-refractivity contribution in [2.24, 2.45) is 0 Å². The van der Waals surface area contributed by atoms with Gasteiger partial charge in [-0.15, -0.1) is 0 Å². The van der Waals surface area contributed by atoms with Crippen molar-refractivity contribution < 1.29 is 4.74 Å². The number of aromatic nitrogens is 4. The fraction of sp³-hybridized carbons (Fsp3) is 0.0588. The number of methoxy groups -OCH3 is 1. The highest BCUT2D eigenvalue weighted by atomic mass is 16.5. The quantitative estimate of drug-likeness (QED) is 0.566. The Hall–Kier alpha value is -3.48. The van der Waals surface area contributed by atoms with Crippen LogP contribution in [0.4, 0.5) is 0 Å². The van der Waals surface area contributed by atoms with E-state index in [1.807, 2.05) is 30.3 Å². The van der Waals surface area contributed by atoms with Crippen LogP contribution in [0.5, 0.6) is 5.75 Å². The highest BCUT2D eigenvalue weighted by Gasteiger charge is 2.19. The number of H-pyrrole nitrogens is 1. The first-order valence-electron chi connectivity index (χ1n) is 7.23. The van der Waals surface area contributed by atoms with Crippen LogP contribution in [-0.4, -0.2) is 26.6 Å². The minimum absolute atomic E-state index is 0.108. The summed E-state index contributed by atoms with van der Waals surface area (Å²) in [4.78, 5) is 34.4. The lowest BCUT2D eigenvalue weighted by Gasteiger charge is -2.17. The summed E-state index contributed by atoms with van der Waals surface area (Å²) in [6, 6.07) is 14.7. The number of nitrogens with one attached hydrogen (secondary N) is 1. The van der Waals surface area contributed by atoms with Crippen molar-refractivity contribution in [3.8, 4) is 23.0 Å². The zero-order valence-corrected chi connectivity index (χ0v) is 12.7. The van der Waals surface area contributed by atoms with Crippen LogP contribution < -0.4 is 16.0 Å². The van der Waals surface area contributed by atoms with Crippen molar-refractivity contribution in [2.75, 3.05) is 7.11 Å². The maximum Gasteiger partial charge on any atom is 0.349 e. The minimum Gasteiger partial charge on any atom is -0.497 e. The van der Waals surface area contributed by atoms with Gasteiger partial charge in [-0.05, 0) is 24.3 Å². The van der Waals surface area contributed by atoms with Crippen molar-refractivity contribution >= 4 is 11.0 Å². The normalized spacial score (nSPS) is 11.0. The molecule has 0 bridgehead atoms. The number of nitrogens with zero attached hydrogens (tertiary/aromatic N) is 3. The lowest BCUT2D eigenvalue weighted by atomic mass is 10.2. The number of hydrogen-bond acceptors (Lipinski definition) is 5. The van der Waals surface area contributed by atoms with Gasteiger partial charge in [-0.3, -0.25) is 14.3 Å². The summed E-state index contributed by atoms with van der Waals surface area (Å²) in [6.45, 7) is 0. The Balaban J connectivity index is 2.25. The van der Waals surface area contributed by atoms with E-state index in [4.69, 9.17) is 4.74 Å². The van der Waals surface area contributed by atoms with Gasteiger partial charge in [-0.2, -0.15) is 4.98 Å². The first-order valence-corrected chi connectivity index (χ1v) is 7.23. The Kier molecular flexibility index (Phi) is 3.13. The van der Waals surface area contributed by atoms with Gasteiger partial charge in [0.2, 0.25) is 0 Å². The molecule has 2 aliphatic rings. The topological polar surface area (TPSA) is 89.9 Å². The molecule has 0 spiro atoms. The molecule has 0 amide bonds. The molecule has 0 atom stereocenters. The molecule has 0 unspecified atom stereocenters. The standard InChI is InChI=1S/C17H12N4O3/c1-24-11-7-8-12-13(9-11)21(10-5-3-2-4-6-10)15-14(18-12)16(22)20-17(23)19-15/h2-9H,1H3,(H,20,22,23). The molecule has 118 valence electrons. The first-order chi connectivity index (χ1) is 11.7. The summed E-state index contributed by atoms with van der Waals surface area (Å²) in [6.07, 6.45) is 0. The number of aromatic amines is 1. The second-order valence-electron chi connectivity index (χ2n) is 5.18. The van der Waals surface area contributed by atoms with Crippen LogP contribution in [0.25, 0.3) is 28.2 Å². The van der Waals surface area contributed by atoms with E-state index in [-0.39, 0.29) is 11.5 Å². The van der Waals surface area contributed by atoms with Crippen molar-refractivity contribution in [1.29, 1.82) is 0 Å². The number of hydrogen-bond donors (Lipinski definition) is 1. The fourth-order valence-corrected chi connectivity index (χ4v) is 2.67. The van der Waals surface area contributed by atoms with Crippen LogP contribution in [-0.2, 0) is 0 Å². The molecule has 0 aliphatic carbocycles. The first kappa shape index (κ1) is 14.1. The summed E-state index contributed by atoms with van der Waals surface area (Å²) in [5, 5.41) is 0. The van der Waals surface area contributed by atoms with Crippen molar-refractivity contribution in [2.45, 2.75) is 0 Å². The second kappa shape index (κ2) is 5.31. The number of ether oxygens (including phenoxy) is 1. The molecule has 7 heteroatoms. The largest absolute Gasteiger partial charge is 0.497 e. The number of benzene rings is 2. The summed E-state index contributed by atoms with van der Waals surface area (Å²) < 4.78 is 7.01. The average molecular weight is 320 g/mol. The van der Waals surface area contributed by atoms with Crippen LogP contribution in [0, 0.1) is 0 Å². The van der Waals surface area contributed by atoms with Crippen LogP contribution in [0.15, 0.2) is 58.1 Å². The predicted molar refractivity (Wildman–Crippen MR) is 88.9 cm³/mol. The Labute approximate surface area is 135 Å². The van der Waals surface area contributed by atoms with Gasteiger partial charge in [0, 0.05) is 11.8 Å². The van der Waals surface area contributed by atoms with Gasteiger partial charge < -0.3 is 4.74 Å². The van der Waals surface area contributed by atoms with Crippen LogP contribution in [0.1, 0.15) is 0 Å². The molecule has 7 nitrogen and oxygen atoms in total.